The van der Waals surface area contributed by atoms with Gasteiger partial charge in [0.1, 0.15) is 4.90 Å². The third kappa shape index (κ3) is 2.54. The van der Waals surface area contributed by atoms with Crippen LogP contribution in [0.25, 0.3) is 0 Å². The second-order valence-electron chi connectivity index (χ2n) is 4.49. The number of hydrogen-bond donors (Lipinski definition) is 2. The molecule has 1 aromatic heterocycles. The van der Waals surface area contributed by atoms with E-state index in [9.17, 15) is 13.2 Å². The van der Waals surface area contributed by atoms with Crippen LogP contribution in [-0.2, 0) is 14.8 Å². The SMILES string of the molecule is Cc1[nH]ncc1S(=O)(=O)NC1CCC(=O)N(C)C1. The Bertz CT molecular complexity index is 551. The molecule has 1 aliphatic rings. The lowest BCUT2D eigenvalue weighted by Gasteiger charge is -2.29. The summed E-state index contributed by atoms with van der Waals surface area (Å²) in [4.78, 5) is 13.0. The monoisotopic (exact) mass is 272 g/mol. The molecule has 7 nitrogen and oxygen atoms in total. The van der Waals surface area contributed by atoms with Crippen LogP contribution >= 0.6 is 0 Å². The van der Waals surface area contributed by atoms with Gasteiger partial charge in [-0.15, -0.1) is 0 Å². The number of carbonyl (C=O) groups is 1. The molecule has 100 valence electrons. The smallest absolute Gasteiger partial charge is 0.244 e. The van der Waals surface area contributed by atoms with Gasteiger partial charge < -0.3 is 4.90 Å². The lowest BCUT2D eigenvalue weighted by atomic mass is 10.1. The number of amides is 1. The molecule has 0 radical (unpaired) electrons. The van der Waals surface area contributed by atoms with Gasteiger partial charge in [0.2, 0.25) is 15.9 Å². The van der Waals surface area contributed by atoms with Crippen molar-refractivity contribution in [1.29, 1.82) is 0 Å². The van der Waals surface area contributed by atoms with Crippen molar-refractivity contribution in [3.8, 4) is 0 Å². The molecule has 1 fully saturated rings. The number of nitrogens with one attached hydrogen (secondary N) is 2. The summed E-state index contributed by atoms with van der Waals surface area (Å²) in [6, 6.07) is -0.244. The molecule has 0 aromatic carbocycles. The molecule has 1 amide bonds. The molecule has 2 N–H and O–H groups in total. The second kappa shape index (κ2) is 4.69. The molecule has 1 unspecified atom stereocenters. The Kier molecular flexibility index (Phi) is 3.40. The average molecular weight is 272 g/mol. The summed E-state index contributed by atoms with van der Waals surface area (Å²) in [5.41, 5.74) is 0.503. The Morgan fingerprint density at radius 3 is 2.83 bits per heavy atom. The van der Waals surface area contributed by atoms with Crippen molar-refractivity contribution in [2.75, 3.05) is 13.6 Å². The van der Waals surface area contributed by atoms with Crippen LogP contribution in [0.15, 0.2) is 11.1 Å². The molecule has 2 heterocycles. The molecule has 0 spiro atoms. The first-order chi connectivity index (χ1) is 8.40. The van der Waals surface area contributed by atoms with Crippen molar-refractivity contribution in [2.24, 2.45) is 0 Å². The van der Waals surface area contributed by atoms with Gasteiger partial charge in [-0.1, -0.05) is 0 Å². The number of aryl methyl sites for hydroxylation is 1. The van der Waals surface area contributed by atoms with E-state index in [2.05, 4.69) is 14.9 Å². The van der Waals surface area contributed by atoms with Crippen LogP contribution in [-0.4, -0.2) is 49.1 Å². The van der Waals surface area contributed by atoms with E-state index >= 15 is 0 Å². The molecule has 8 heteroatoms. The van der Waals surface area contributed by atoms with Crippen molar-refractivity contribution in [3.05, 3.63) is 11.9 Å². The highest BCUT2D eigenvalue weighted by atomic mass is 32.2. The summed E-state index contributed by atoms with van der Waals surface area (Å²) in [5, 5.41) is 6.29. The number of hydrogen-bond acceptors (Lipinski definition) is 4. The summed E-state index contributed by atoms with van der Waals surface area (Å²) in [6.45, 7) is 2.05. The standard InChI is InChI=1S/C10H16N4O3S/c1-7-9(5-11-12-7)18(16,17)13-8-3-4-10(15)14(2)6-8/h5,8,13H,3-4,6H2,1-2H3,(H,11,12). The third-order valence-electron chi connectivity index (χ3n) is 3.02. The molecular formula is C10H16N4O3S. The lowest BCUT2D eigenvalue weighted by molar-refractivity contribution is -0.132. The van der Waals surface area contributed by atoms with Crippen LogP contribution < -0.4 is 4.72 Å². The maximum atomic E-state index is 12.1. The number of aromatic amines is 1. The van der Waals surface area contributed by atoms with E-state index < -0.39 is 10.0 Å². The summed E-state index contributed by atoms with van der Waals surface area (Å²) in [5.74, 6) is 0.0462. The molecule has 0 saturated carbocycles. The number of aromatic nitrogens is 2. The number of likely N-dealkylation sites (tertiary alicyclic amines) is 1. The van der Waals surface area contributed by atoms with Gasteiger partial charge in [0, 0.05) is 26.1 Å². The number of rotatable bonds is 3. The maximum Gasteiger partial charge on any atom is 0.244 e. The predicted molar refractivity (Wildman–Crippen MR) is 64.3 cm³/mol. The Hall–Kier alpha value is -1.41. The third-order valence-corrected chi connectivity index (χ3v) is 4.66. The summed E-state index contributed by atoms with van der Waals surface area (Å²) < 4.78 is 26.8. The van der Waals surface area contributed by atoms with Crippen LogP contribution in [0.5, 0.6) is 0 Å². The highest BCUT2D eigenvalue weighted by molar-refractivity contribution is 7.89. The van der Waals surface area contributed by atoms with Gasteiger partial charge >= 0.3 is 0 Å². The van der Waals surface area contributed by atoms with Crippen molar-refractivity contribution in [2.45, 2.75) is 30.7 Å². The number of likely N-dealkylation sites (N-methyl/N-ethyl adjacent to an activating group) is 1. The van der Waals surface area contributed by atoms with Crippen molar-refractivity contribution in [3.63, 3.8) is 0 Å². The first-order valence-electron chi connectivity index (χ1n) is 5.66. The van der Waals surface area contributed by atoms with Crippen molar-refractivity contribution < 1.29 is 13.2 Å². The minimum Gasteiger partial charge on any atom is -0.344 e. The zero-order chi connectivity index (χ0) is 13.3. The van der Waals surface area contributed by atoms with Crippen LogP contribution in [0, 0.1) is 6.92 Å². The summed E-state index contributed by atoms with van der Waals surface area (Å²) >= 11 is 0. The largest absolute Gasteiger partial charge is 0.344 e. The van der Waals surface area contributed by atoms with Crippen molar-refractivity contribution in [1.82, 2.24) is 19.8 Å². The normalized spacial score (nSPS) is 21.3. The Balaban J connectivity index is 2.10. The van der Waals surface area contributed by atoms with Gasteiger partial charge in [-0.25, -0.2) is 13.1 Å². The quantitative estimate of drug-likeness (QED) is 0.784. The fourth-order valence-corrected chi connectivity index (χ4v) is 3.40. The van der Waals surface area contributed by atoms with Crippen molar-refractivity contribution >= 4 is 15.9 Å². The first kappa shape index (κ1) is 13.0. The van der Waals surface area contributed by atoms with Crippen LogP contribution in [0.1, 0.15) is 18.5 Å². The number of H-pyrrole nitrogens is 1. The molecule has 0 bridgehead atoms. The first-order valence-corrected chi connectivity index (χ1v) is 7.15. The van der Waals surface area contributed by atoms with Gasteiger partial charge in [-0.05, 0) is 13.3 Å². The molecule has 0 aliphatic carbocycles. The predicted octanol–water partition coefficient (Wildman–Crippen LogP) is -0.383. The Labute approximate surface area is 106 Å². The van der Waals surface area contributed by atoms with E-state index in [-0.39, 0.29) is 16.8 Å². The number of piperidine rings is 1. The van der Waals surface area contributed by atoms with Crippen LogP contribution in [0.4, 0.5) is 0 Å². The van der Waals surface area contributed by atoms with E-state index in [0.29, 0.717) is 25.1 Å². The van der Waals surface area contributed by atoms with E-state index in [4.69, 9.17) is 0 Å². The molecule has 1 atom stereocenters. The van der Waals surface area contributed by atoms with E-state index in [0.717, 1.165) is 0 Å². The summed E-state index contributed by atoms with van der Waals surface area (Å²) in [6.07, 6.45) is 2.18. The van der Waals surface area contributed by atoms with Gasteiger partial charge in [0.25, 0.3) is 0 Å². The topological polar surface area (TPSA) is 95.2 Å². The molecule has 18 heavy (non-hydrogen) atoms. The Morgan fingerprint density at radius 2 is 2.28 bits per heavy atom. The van der Waals surface area contributed by atoms with E-state index in [1.807, 2.05) is 0 Å². The molecule has 2 rings (SSSR count). The lowest BCUT2D eigenvalue weighted by Crippen LogP contribution is -2.48. The molecule has 1 aromatic rings. The highest BCUT2D eigenvalue weighted by Gasteiger charge is 2.28. The van der Waals surface area contributed by atoms with Gasteiger partial charge in [-0.2, -0.15) is 5.10 Å². The molecule has 1 saturated heterocycles. The van der Waals surface area contributed by atoms with E-state index in [1.165, 1.54) is 6.20 Å². The zero-order valence-corrected chi connectivity index (χ0v) is 11.1. The van der Waals surface area contributed by atoms with Gasteiger partial charge in [-0.3, -0.25) is 9.89 Å². The number of carbonyl (C=O) groups excluding carboxylic acids is 1. The fourth-order valence-electron chi connectivity index (χ4n) is 2.00. The minimum atomic E-state index is -3.57. The Morgan fingerprint density at radius 1 is 1.56 bits per heavy atom. The highest BCUT2D eigenvalue weighted by Crippen LogP contribution is 2.15. The average Bonchev–Trinajstić information content (AvgIpc) is 2.70. The minimum absolute atomic E-state index is 0.0462. The van der Waals surface area contributed by atoms with Crippen LogP contribution in [0.2, 0.25) is 0 Å². The van der Waals surface area contributed by atoms with Crippen LogP contribution in [0.3, 0.4) is 0 Å². The van der Waals surface area contributed by atoms with E-state index in [1.54, 1.807) is 18.9 Å². The zero-order valence-electron chi connectivity index (χ0n) is 10.3. The number of sulfonamides is 1. The molecular weight excluding hydrogens is 256 g/mol. The summed E-state index contributed by atoms with van der Waals surface area (Å²) in [7, 11) is -1.90. The number of nitrogens with zero attached hydrogens (tertiary/aromatic N) is 2. The van der Waals surface area contributed by atoms with Gasteiger partial charge in [0.05, 0.1) is 11.9 Å². The maximum absolute atomic E-state index is 12.1. The second-order valence-corrected chi connectivity index (χ2v) is 6.17. The fraction of sp³-hybridized carbons (Fsp3) is 0.600. The molecule has 1 aliphatic heterocycles. The van der Waals surface area contributed by atoms with Gasteiger partial charge in [0.15, 0.2) is 0 Å².